The van der Waals surface area contributed by atoms with E-state index < -0.39 is 5.91 Å². The van der Waals surface area contributed by atoms with Gasteiger partial charge in [-0.3, -0.25) is 4.79 Å². The third-order valence-corrected chi connectivity index (χ3v) is 5.24. The predicted molar refractivity (Wildman–Crippen MR) is 118 cm³/mol. The lowest BCUT2D eigenvalue weighted by molar-refractivity contribution is 0.0991. The van der Waals surface area contributed by atoms with Crippen LogP contribution in [0, 0.1) is 11.3 Å². The number of H-pyrrole nitrogens is 1. The minimum atomic E-state index is -0.670. The Bertz CT molecular complexity index is 1270. The van der Waals surface area contributed by atoms with Crippen molar-refractivity contribution in [1.82, 2.24) is 30.2 Å². The highest BCUT2D eigenvalue weighted by atomic mass is 16.1. The maximum atomic E-state index is 12.1. The third-order valence-electron chi connectivity index (χ3n) is 5.24. The Kier molecular flexibility index (Phi) is 6.03. The fourth-order valence-electron chi connectivity index (χ4n) is 3.73. The number of hydrogen-bond acceptors (Lipinski definition) is 6. The van der Waals surface area contributed by atoms with Crippen molar-refractivity contribution in [1.29, 1.82) is 5.26 Å². The number of aryl methyl sites for hydroxylation is 1. The van der Waals surface area contributed by atoms with Crippen LogP contribution < -0.4 is 5.73 Å². The summed E-state index contributed by atoms with van der Waals surface area (Å²) in [4.78, 5) is 16.5. The van der Waals surface area contributed by atoms with Crippen molar-refractivity contribution >= 4 is 5.91 Å². The summed E-state index contributed by atoms with van der Waals surface area (Å²) in [6, 6.07) is 17.9. The number of carbonyl (C=O) groups excluding carboxylic acids is 1. The van der Waals surface area contributed by atoms with Crippen LogP contribution in [-0.4, -0.2) is 36.1 Å². The lowest BCUT2D eigenvalue weighted by Crippen LogP contribution is -2.20. The Morgan fingerprint density at radius 3 is 2.66 bits per heavy atom. The largest absolute Gasteiger partial charge is 0.364 e. The molecule has 9 heteroatoms. The van der Waals surface area contributed by atoms with Gasteiger partial charge >= 0.3 is 0 Å². The van der Waals surface area contributed by atoms with Crippen LogP contribution >= 0.6 is 0 Å². The molecular weight excluding hydrogens is 404 g/mol. The zero-order valence-corrected chi connectivity index (χ0v) is 17.6. The standard InChI is InChI=1S/C23H22N8O/c1-2-3-9-20-26-19(13-24)21(22(25)32)31(20)14-15-10-11-17(16-7-5-4-6-8-16)18(12-15)23-27-29-30-28-23/h4-8,10-12H,2-3,9,14H2,1H3,(H2,25,32)(H,27,28,29,30). The van der Waals surface area contributed by atoms with E-state index in [1.165, 1.54) is 0 Å². The van der Waals surface area contributed by atoms with E-state index in [1.54, 1.807) is 4.57 Å². The molecule has 2 heterocycles. The van der Waals surface area contributed by atoms with E-state index in [-0.39, 0.29) is 11.4 Å². The zero-order valence-electron chi connectivity index (χ0n) is 17.6. The maximum Gasteiger partial charge on any atom is 0.268 e. The summed E-state index contributed by atoms with van der Waals surface area (Å²) in [5, 5.41) is 24.0. The van der Waals surface area contributed by atoms with Gasteiger partial charge in [0.05, 0.1) is 0 Å². The average Bonchev–Trinajstić information content (AvgIpc) is 3.46. The number of amides is 1. The fraction of sp³-hybridized carbons (Fsp3) is 0.217. The number of aromatic amines is 1. The van der Waals surface area contributed by atoms with Crippen LogP contribution in [0.25, 0.3) is 22.5 Å². The number of carbonyl (C=O) groups is 1. The molecule has 0 aliphatic rings. The number of primary amides is 1. The molecule has 0 aliphatic heterocycles. The molecule has 4 aromatic rings. The number of hydrogen-bond donors (Lipinski definition) is 2. The number of unbranched alkanes of at least 4 members (excludes halogenated alkanes) is 1. The van der Waals surface area contributed by atoms with Crippen molar-refractivity contribution in [3.8, 4) is 28.6 Å². The van der Waals surface area contributed by atoms with Crippen LogP contribution in [0.5, 0.6) is 0 Å². The molecule has 2 aromatic heterocycles. The van der Waals surface area contributed by atoms with Gasteiger partial charge in [0, 0.05) is 18.5 Å². The Hall–Kier alpha value is -4.32. The summed E-state index contributed by atoms with van der Waals surface area (Å²) >= 11 is 0. The molecule has 0 fully saturated rings. The van der Waals surface area contributed by atoms with Crippen LogP contribution in [-0.2, 0) is 13.0 Å². The first-order valence-corrected chi connectivity index (χ1v) is 10.3. The normalized spacial score (nSPS) is 10.8. The van der Waals surface area contributed by atoms with Gasteiger partial charge in [-0.05, 0) is 34.4 Å². The highest BCUT2D eigenvalue weighted by molar-refractivity contribution is 5.93. The van der Waals surface area contributed by atoms with Gasteiger partial charge in [-0.25, -0.2) is 4.98 Å². The Morgan fingerprint density at radius 1 is 1.19 bits per heavy atom. The predicted octanol–water partition coefficient (Wildman–Crippen LogP) is 3.09. The number of tetrazole rings is 1. The zero-order chi connectivity index (χ0) is 22.5. The van der Waals surface area contributed by atoms with Crippen LogP contribution in [0.3, 0.4) is 0 Å². The van der Waals surface area contributed by atoms with Crippen molar-refractivity contribution in [2.45, 2.75) is 32.7 Å². The average molecular weight is 426 g/mol. The molecule has 3 N–H and O–H groups in total. The van der Waals surface area contributed by atoms with Gasteiger partial charge in [0.2, 0.25) is 5.82 Å². The number of imidazole rings is 1. The number of nitrogens with two attached hydrogens (primary N) is 1. The quantitative estimate of drug-likeness (QED) is 0.444. The molecule has 0 aliphatic carbocycles. The molecule has 0 radical (unpaired) electrons. The molecular formula is C23H22N8O. The van der Waals surface area contributed by atoms with Crippen LogP contribution in [0.2, 0.25) is 0 Å². The molecule has 0 saturated carbocycles. The first-order chi connectivity index (χ1) is 15.6. The summed E-state index contributed by atoms with van der Waals surface area (Å²) in [5.41, 5.74) is 9.48. The second kappa shape index (κ2) is 9.22. The SMILES string of the molecule is CCCCc1nc(C#N)c(C(N)=O)n1Cc1ccc(-c2ccccc2)c(-c2nn[nH]n2)c1. The number of nitriles is 1. The molecule has 0 spiro atoms. The maximum absolute atomic E-state index is 12.1. The molecule has 160 valence electrons. The molecule has 0 bridgehead atoms. The molecule has 0 unspecified atom stereocenters. The van der Waals surface area contributed by atoms with E-state index in [0.717, 1.165) is 35.1 Å². The van der Waals surface area contributed by atoms with Crippen molar-refractivity contribution in [3.63, 3.8) is 0 Å². The second-order valence-corrected chi connectivity index (χ2v) is 7.37. The number of rotatable bonds is 8. The summed E-state index contributed by atoms with van der Waals surface area (Å²) in [6.45, 7) is 2.42. The summed E-state index contributed by atoms with van der Waals surface area (Å²) in [6.07, 6.45) is 2.51. The Balaban J connectivity index is 1.81. The van der Waals surface area contributed by atoms with Crippen molar-refractivity contribution in [2.75, 3.05) is 0 Å². The van der Waals surface area contributed by atoms with Gasteiger partial charge < -0.3 is 10.3 Å². The van der Waals surface area contributed by atoms with Crippen molar-refractivity contribution in [2.24, 2.45) is 5.73 Å². The smallest absolute Gasteiger partial charge is 0.268 e. The van der Waals surface area contributed by atoms with Gasteiger partial charge in [-0.15, -0.1) is 10.2 Å². The first kappa shape index (κ1) is 20.9. The number of nitrogens with zero attached hydrogens (tertiary/aromatic N) is 6. The molecule has 0 atom stereocenters. The monoisotopic (exact) mass is 426 g/mol. The molecule has 9 nitrogen and oxygen atoms in total. The van der Waals surface area contributed by atoms with Crippen molar-refractivity contribution in [3.05, 3.63) is 71.3 Å². The van der Waals surface area contributed by atoms with Gasteiger partial charge in [0.15, 0.2) is 5.69 Å². The Morgan fingerprint density at radius 2 is 2.00 bits per heavy atom. The van der Waals surface area contributed by atoms with Crippen LogP contribution in [0.4, 0.5) is 0 Å². The molecule has 32 heavy (non-hydrogen) atoms. The molecule has 0 saturated heterocycles. The topological polar surface area (TPSA) is 139 Å². The highest BCUT2D eigenvalue weighted by Gasteiger charge is 2.22. The minimum Gasteiger partial charge on any atom is -0.364 e. The van der Waals surface area contributed by atoms with Crippen molar-refractivity contribution < 1.29 is 4.79 Å². The van der Waals surface area contributed by atoms with Crippen LogP contribution in [0.1, 0.15) is 47.3 Å². The van der Waals surface area contributed by atoms with Crippen LogP contribution in [0.15, 0.2) is 48.5 Å². The molecule has 4 rings (SSSR count). The van der Waals surface area contributed by atoms with E-state index in [9.17, 15) is 10.1 Å². The lowest BCUT2D eigenvalue weighted by atomic mass is 9.97. The fourth-order valence-corrected chi connectivity index (χ4v) is 3.73. The van der Waals surface area contributed by atoms with E-state index in [1.807, 2.05) is 54.6 Å². The van der Waals surface area contributed by atoms with E-state index in [2.05, 4.69) is 32.5 Å². The molecule has 2 aromatic carbocycles. The van der Waals surface area contributed by atoms with Gasteiger partial charge in [-0.1, -0.05) is 55.8 Å². The highest BCUT2D eigenvalue weighted by Crippen LogP contribution is 2.31. The van der Waals surface area contributed by atoms with Gasteiger partial charge in [-0.2, -0.15) is 10.5 Å². The molecule has 1 amide bonds. The number of benzene rings is 2. The summed E-state index contributed by atoms with van der Waals surface area (Å²) < 4.78 is 1.74. The second-order valence-electron chi connectivity index (χ2n) is 7.37. The third kappa shape index (κ3) is 4.11. The lowest BCUT2D eigenvalue weighted by Gasteiger charge is -2.13. The van der Waals surface area contributed by atoms with Gasteiger partial charge in [0.1, 0.15) is 17.6 Å². The van der Waals surface area contributed by atoms with E-state index in [4.69, 9.17) is 5.73 Å². The Labute approximate surface area is 184 Å². The minimum absolute atomic E-state index is 0.0582. The number of aromatic nitrogens is 6. The van der Waals surface area contributed by atoms with E-state index >= 15 is 0 Å². The number of nitrogens with one attached hydrogen (secondary N) is 1. The van der Waals surface area contributed by atoms with E-state index in [0.29, 0.717) is 24.6 Å². The van der Waals surface area contributed by atoms with Gasteiger partial charge in [0.25, 0.3) is 5.91 Å². The summed E-state index contributed by atoms with van der Waals surface area (Å²) in [7, 11) is 0. The summed E-state index contributed by atoms with van der Waals surface area (Å²) in [5.74, 6) is 0.469. The first-order valence-electron chi connectivity index (χ1n) is 10.3.